The van der Waals surface area contributed by atoms with Crippen LogP contribution in [0.4, 0.5) is 0 Å². The minimum absolute atomic E-state index is 0.0317. The van der Waals surface area contributed by atoms with Gasteiger partial charge in [-0.2, -0.15) is 5.26 Å². The third kappa shape index (κ3) is 3.46. The first-order chi connectivity index (χ1) is 12.6. The lowest BCUT2D eigenvalue weighted by Gasteiger charge is -2.53. The zero-order chi connectivity index (χ0) is 18.7. The Labute approximate surface area is 155 Å². The van der Waals surface area contributed by atoms with Crippen LogP contribution in [0.5, 0.6) is 0 Å². The molecule has 1 aliphatic carbocycles. The van der Waals surface area contributed by atoms with Crippen LogP contribution >= 0.6 is 0 Å². The maximum Gasteiger partial charge on any atom is 0.227 e. The van der Waals surface area contributed by atoms with Crippen molar-refractivity contribution >= 4 is 5.91 Å². The smallest absolute Gasteiger partial charge is 0.227 e. The molecule has 1 aliphatic heterocycles. The van der Waals surface area contributed by atoms with Crippen LogP contribution in [0.3, 0.4) is 0 Å². The fourth-order valence-corrected chi connectivity index (χ4v) is 3.66. The van der Waals surface area contributed by atoms with Crippen molar-refractivity contribution < 1.29 is 9.90 Å². The second-order valence-corrected chi connectivity index (χ2v) is 7.38. The molecule has 0 spiro atoms. The molecule has 1 saturated carbocycles. The molecule has 2 fully saturated rings. The lowest BCUT2D eigenvalue weighted by Crippen LogP contribution is -2.66. The van der Waals surface area contributed by atoms with Crippen LogP contribution in [-0.2, 0) is 4.79 Å². The molecule has 1 N–H and O–H groups in total. The minimum atomic E-state index is -0.495. The quantitative estimate of drug-likeness (QED) is 0.837. The van der Waals surface area contributed by atoms with E-state index < -0.39 is 6.04 Å². The molecule has 1 heterocycles. The van der Waals surface area contributed by atoms with E-state index in [1.165, 1.54) is 0 Å². The second-order valence-electron chi connectivity index (χ2n) is 7.38. The van der Waals surface area contributed by atoms with Crippen molar-refractivity contribution in [2.24, 2.45) is 5.92 Å². The Kier molecular flexibility index (Phi) is 5.61. The van der Waals surface area contributed by atoms with E-state index in [4.69, 9.17) is 0 Å². The summed E-state index contributed by atoms with van der Waals surface area (Å²) in [6.07, 6.45) is 2.87. The third-order valence-corrected chi connectivity index (χ3v) is 5.36. The predicted octanol–water partition coefficient (Wildman–Crippen LogP) is 1.58. The fraction of sp³-hybridized carbons (Fsp3) is 0.524. The number of nitriles is 1. The standard InChI is InChI=1S/C21H25N3O2/c1-23(2)12-4-5-15-8-10-16(11-9-15)20-18(13-22)24(19(20)14-25)21(26)17-6-3-7-17/h8-11,17-20,25H,3,6-7,12,14H2,1-2H3/t18-,19+,20+/m0/s1. The highest BCUT2D eigenvalue weighted by atomic mass is 16.3. The van der Waals surface area contributed by atoms with Gasteiger partial charge in [-0.1, -0.05) is 30.4 Å². The van der Waals surface area contributed by atoms with E-state index in [1.807, 2.05) is 43.3 Å². The number of hydrogen-bond acceptors (Lipinski definition) is 4. The van der Waals surface area contributed by atoms with Crippen LogP contribution in [0.25, 0.3) is 0 Å². The number of carbonyl (C=O) groups is 1. The van der Waals surface area contributed by atoms with E-state index in [0.29, 0.717) is 6.54 Å². The predicted molar refractivity (Wildman–Crippen MR) is 99.1 cm³/mol. The number of amides is 1. The Morgan fingerprint density at radius 3 is 2.50 bits per heavy atom. The normalized spacial score (nSPS) is 24.9. The number of nitrogens with zero attached hydrogens (tertiary/aromatic N) is 3. The molecular formula is C21H25N3O2. The summed E-state index contributed by atoms with van der Waals surface area (Å²) in [6, 6.07) is 9.27. The molecule has 1 amide bonds. The summed E-state index contributed by atoms with van der Waals surface area (Å²) in [5.41, 5.74) is 1.90. The van der Waals surface area contributed by atoms with Gasteiger partial charge >= 0.3 is 0 Å². The third-order valence-electron chi connectivity index (χ3n) is 5.36. The largest absolute Gasteiger partial charge is 0.394 e. The second kappa shape index (κ2) is 7.91. The molecule has 1 aromatic carbocycles. The van der Waals surface area contributed by atoms with Crippen LogP contribution < -0.4 is 0 Å². The fourth-order valence-electron chi connectivity index (χ4n) is 3.66. The van der Waals surface area contributed by atoms with E-state index in [9.17, 15) is 15.2 Å². The van der Waals surface area contributed by atoms with E-state index in [0.717, 1.165) is 30.4 Å². The van der Waals surface area contributed by atoms with Crippen LogP contribution in [0.2, 0.25) is 0 Å². The van der Waals surface area contributed by atoms with E-state index in [2.05, 4.69) is 17.9 Å². The SMILES string of the molecule is CN(C)CC#Cc1ccc([C@H]2[C@@H](CO)N(C(=O)C3CCC3)[C@H]2C#N)cc1. The van der Waals surface area contributed by atoms with Gasteiger partial charge in [-0.3, -0.25) is 9.69 Å². The number of rotatable bonds is 4. The maximum absolute atomic E-state index is 12.6. The van der Waals surface area contributed by atoms with Crippen LogP contribution in [0.1, 0.15) is 36.3 Å². The van der Waals surface area contributed by atoms with Crippen molar-refractivity contribution in [1.29, 1.82) is 5.26 Å². The van der Waals surface area contributed by atoms with Crippen molar-refractivity contribution in [3.8, 4) is 17.9 Å². The van der Waals surface area contributed by atoms with Crippen molar-refractivity contribution in [2.75, 3.05) is 27.2 Å². The van der Waals surface area contributed by atoms with Gasteiger partial charge in [-0.05, 0) is 44.6 Å². The van der Waals surface area contributed by atoms with Crippen LogP contribution in [0, 0.1) is 29.1 Å². The van der Waals surface area contributed by atoms with Gasteiger partial charge in [0.25, 0.3) is 0 Å². The molecule has 0 bridgehead atoms. The molecule has 2 aliphatic rings. The summed E-state index contributed by atoms with van der Waals surface area (Å²) in [5.74, 6) is 6.14. The summed E-state index contributed by atoms with van der Waals surface area (Å²) >= 11 is 0. The Morgan fingerprint density at radius 2 is 2.00 bits per heavy atom. The number of likely N-dealkylation sites (tertiary alicyclic amines) is 1. The number of aliphatic hydroxyl groups excluding tert-OH is 1. The molecule has 136 valence electrons. The van der Waals surface area contributed by atoms with E-state index >= 15 is 0 Å². The van der Waals surface area contributed by atoms with Crippen molar-refractivity contribution in [3.63, 3.8) is 0 Å². The van der Waals surface area contributed by atoms with E-state index in [-0.39, 0.29) is 30.4 Å². The van der Waals surface area contributed by atoms with Gasteiger partial charge < -0.3 is 10.0 Å². The van der Waals surface area contributed by atoms with Gasteiger partial charge in [0.05, 0.1) is 25.3 Å². The number of hydrogen-bond donors (Lipinski definition) is 1. The van der Waals surface area contributed by atoms with Gasteiger partial charge in [-0.25, -0.2) is 0 Å². The summed E-state index contributed by atoms with van der Waals surface area (Å²) in [7, 11) is 3.95. The van der Waals surface area contributed by atoms with Gasteiger partial charge in [0, 0.05) is 17.4 Å². The highest BCUT2D eigenvalue weighted by Crippen LogP contribution is 2.43. The monoisotopic (exact) mass is 351 g/mol. The number of aliphatic hydroxyl groups is 1. The molecule has 5 heteroatoms. The summed E-state index contributed by atoms with van der Waals surface area (Å²) in [4.78, 5) is 16.2. The van der Waals surface area contributed by atoms with Gasteiger partial charge in [0.1, 0.15) is 6.04 Å². The molecular weight excluding hydrogens is 326 g/mol. The first kappa shape index (κ1) is 18.5. The Balaban J connectivity index is 1.74. The topological polar surface area (TPSA) is 67.6 Å². The lowest BCUT2D eigenvalue weighted by molar-refractivity contribution is -0.154. The first-order valence-electron chi connectivity index (χ1n) is 9.13. The van der Waals surface area contributed by atoms with Gasteiger partial charge in [-0.15, -0.1) is 0 Å². The Morgan fingerprint density at radius 1 is 1.31 bits per heavy atom. The zero-order valence-electron chi connectivity index (χ0n) is 15.4. The number of carbonyl (C=O) groups excluding carboxylic acids is 1. The Bertz CT molecular complexity index is 750. The molecule has 3 atom stereocenters. The first-order valence-corrected chi connectivity index (χ1v) is 9.13. The van der Waals surface area contributed by atoms with Gasteiger partial charge in [0.2, 0.25) is 5.91 Å². The summed E-state index contributed by atoms with van der Waals surface area (Å²) < 4.78 is 0. The molecule has 1 saturated heterocycles. The number of benzene rings is 1. The van der Waals surface area contributed by atoms with Crippen molar-refractivity contribution in [1.82, 2.24) is 9.80 Å². The average Bonchev–Trinajstić information content (AvgIpc) is 2.54. The molecule has 0 unspecified atom stereocenters. The average molecular weight is 351 g/mol. The summed E-state index contributed by atoms with van der Waals surface area (Å²) in [5, 5.41) is 19.4. The van der Waals surface area contributed by atoms with Crippen LogP contribution in [0.15, 0.2) is 24.3 Å². The highest BCUT2D eigenvalue weighted by molar-refractivity contribution is 5.82. The molecule has 5 nitrogen and oxygen atoms in total. The molecule has 3 rings (SSSR count). The van der Waals surface area contributed by atoms with Crippen LogP contribution in [-0.4, -0.2) is 60.1 Å². The van der Waals surface area contributed by atoms with Crippen molar-refractivity contribution in [2.45, 2.75) is 37.3 Å². The van der Waals surface area contributed by atoms with E-state index in [1.54, 1.807) is 4.90 Å². The lowest BCUT2D eigenvalue weighted by atomic mass is 9.73. The molecule has 1 aromatic rings. The van der Waals surface area contributed by atoms with Gasteiger partial charge in [0.15, 0.2) is 0 Å². The molecule has 0 aromatic heterocycles. The maximum atomic E-state index is 12.6. The summed E-state index contributed by atoms with van der Waals surface area (Å²) in [6.45, 7) is 0.581. The van der Waals surface area contributed by atoms with Crippen molar-refractivity contribution in [3.05, 3.63) is 35.4 Å². The Hall–Kier alpha value is -2.34. The molecule has 0 radical (unpaired) electrons. The molecule has 26 heavy (non-hydrogen) atoms. The zero-order valence-corrected chi connectivity index (χ0v) is 15.4. The highest BCUT2D eigenvalue weighted by Gasteiger charge is 2.53. The minimum Gasteiger partial charge on any atom is -0.394 e.